The maximum absolute atomic E-state index is 14.1. The molecule has 1 aliphatic rings. The third-order valence-electron chi connectivity index (χ3n) is 6.59. The van der Waals surface area contributed by atoms with Crippen LogP contribution in [-0.4, -0.2) is 25.6 Å². The number of carbonyl (C=O) groups is 1. The first-order chi connectivity index (χ1) is 17.4. The molecule has 0 N–H and O–H groups in total. The number of anilines is 1. The van der Waals surface area contributed by atoms with Crippen molar-refractivity contribution in [3.63, 3.8) is 0 Å². The quantitative estimate of drug-likeness (QED) is 0.295. The van der Waals surface area contributed by atoms with Crippen molar-refractivity contribution in [2.75, 3.05) is 4.90 Å². The summed E-state index contributed by atoms with van der Waals surface area (Å²) in [5.41, 5.74) is 7.25. The van der Waals surface area contributed by atoms with Gasteiger partial charge in [0.15, 0.2) is 11.6 Å². The maximum atomic E-state index is 14.1. The lowest BCUT2D eigenvalue weighted by molar-refractivity contribution is -0.117. The van der Waals surface area contributed by atoms with Gasteiger partial charge in [-0.3, -0.25) is 4.79 Å². The molecule has 1 saturated heterocycles. The number of nitrogens with zero attached hydrogens (tertiary/aromatic N) is 5. The Hall–Kier alpha value is -3.92. The minimum Gasteiger partial charge on any atom is -0.361 e. The van der Waals surface area contributed by atoms with E-state index in [0.29, 0.717) is 24.5 Å². The molecule has 0 radical (unpaired) electrons. The van der Waals surface area contributed by atoms with Gasteiger partial charge in [0.1, 0.15) is 11.6 Å². The van der Waals surface area contributed by atoms with E-state index in [2.05, 4.69) is 14.7 Å². The van der Waals surface area contributed by atoms with Gasteiger partial charge in [-0.05, 0) is 50.1 Å². The summed E-state index contributed by atoms with van der Waals surface area (Å²) >= 11 is 1.51. The van der Waals surface area contributed by atoms with E-state index in [1.165, 1.54) is 22.3 Å². The lowest BCUT2D eigenvalue weighted by Gasteiger charge is -2.25. The topological polar surface area (TPSA) is 77.0 Å². The molecule has 0 spiro atoms. The van der Waals surface area contributed by atoms with Crippen molar-refractivity contribution in [2.45, 2.75) is 39.3 Å². The van der Waals surface area contributed by atoms with Crippen LogP contribution >= 0.6 is 11.3 Å². The van der Waals surface area contributed by atoms with E-state index in [1.54, 1.807) is 5.51 Å². The zero-order valence-electron chi connectivity index (χ0n) is 19.5. The third kappa shape index (κ3) is 3.69. The smallest absolute Gasteiger partial charge is 0.227 e. The highest BCUT2D eigenvalue weighted by molar-refractivity contribution is 7.07. The minimum absolute atomic E-state index is 0.158. The lowest BCUT2D eigenvalue weighted by Crippen LogP contribution is -2.29. The third-order valence-corrected chi connectivity index (χ3v) is 7.23. The molecule has 0 saturated carbocycles. The van der Waals surface area contributed by atoms with Crippen molar-refractivity contribution in [3.05, 3.63) is 81.9 Å². The number of carbonyl (C=O) groups excluding carboxylic acids is 1. The molecule has 4 heterocycles. The second-order valence-electron chi connectivity index (χ2n) is 8.86. The highest BCUT2D eigenvalue weighted by Crippen LogP contribution is 2.39. The summed E-state index contributed by atoms with van der Waals surface area (Å²) in [7, 11) is 0. The van der Waals surface area contributed by atoms with Crippen LogP contribution in [0.25, 0.3) is 22.2 Å². The van der Waals surface area contributed by atoms with Crippen molar-refractivity contribution in [3.8, 4) is 11.1 Å². The van der Waals surface area contributed by atoms with Crippen molar-refractivity contribution in [2.24, 2.45) is 0 Å². The Morgan fingerprint density at radius 3 is 2.72 bits per heavy atom. The van der Waals surface area contributed by atoms with E-state index in [4.69, 9.17) is 9.51 Å². The molecule has 1 atom stereocenters. The van der Waals surface area contributed by atoms with Gasteiger partial charge in [0.25, 0.3) is 0 Å². The number of halogens is 2. The molecule has 182 valence electrons. The summed E-state index contributed by atoms with van der Waals surface area (Å²) < 4.78 is 35.1. The molecule has 10 heteroatoms. The molecule has 0 aliphatic carbocycles. The van der Waals surface area contributed by atoms with Crippen LogP contribution in [0.15, 0.2) is 51.8 Å². The number of fused-ring (bicyclic) bond motifs is 1. The van der Waals surface area contributed by atoms with Crippen LogP contribution in [0.5, 0.6) is 0 Å². The molecule has 6 rings (SSSR count). The number of amides is 1. The van der Waals surface area contributed by atoms with Crippen LogP contribution in [0, 0.1) is 25.5 Å². The normalized spacial score (nSPS) is 15.9. The zero-order valence-corrected chi connectivity index (χ0v) is 20.4. The molecule has 1 aliphatic heterocycles. The molecule has 36 heavy (non-hydrogen) atoms. The zero-order chi connectivity index (χ0) is 25.0. The average Bonchev–Trinajstić information content (AvgIpc) is 3.64. The fourth-order valence-corrected chi connectivity index (χ4v) is 5.53. The van der Waals surface area contributed by atoms with Crippen LogP contribution in [-0.2, 0) is 11.3 Å². The van der Waals surface area contributed by atoms with Crippen LogP contribution in [0.4, 0.5) is 14.5 Å². The van der Waals surface area contributed by atoms with Gasteiger partial charge in [-0.25, -0.2) is 18.7 Å². The van der Waals surface area contributed by atoms with Gasteiger partial charge in [0.05, 0.1) is 40.5 Å². The molecule has 2 aromatic carbocycles. The van der Waals surface area contributed by atoms with Crippen LogP contribution < -0.4 is 4.90 Å². The fourth-order valence-electron chi connectivity index (χ4n) is 4.98. The van der Waals surface area contributed by atoms with Crippen molar-refractivity contribution >= 4 is 34.0 Å². The summed E-state index contributed by atoms with van der Waals surface area (Å²) in [6, 6.07) is 9.09. The standard InChI is InChI=1S/C26H21F2N5O2S/c1-14-25(15(2)35-31-14)16-3-6-22-21(9-16)30-26(32(22)11-17-12-36-13-29-17)23-7-8-24(34)33(23)18-4-5-19(27)20(28)10-18/h3-6,9-10,12-13,23H,7-8,11H2,1-2H3/t23-/m0/s1. The molecule has 0 bridgehead atoms. The largest absolute Gasteiger partial charge is 0.361 e. The second kappa shape index (κ2) is 8.63. The number of hydrogen-bond donors (Lipinski definition) is 0. The van der Waals surface area contributed by atoms with Crippen LogP contribution in [0.3, 0.4) is 0 Å². The first kappa shape index (κ1) is 22.5. The van der Waals surface area contributed by atoms with Gasteiger partial charge in [0, 0.05) is 29.1 Å². The summed E-state index contributed by atoms with van der Waals surface area (Å²) in [5, 5.41) is 6.04. The SMILES string of the molecule is Cc1noc(C)c1-c1ccc2c(c1)nc([C@@H]1CCC(=O)N1c1ccc(F)c(F)c1)n2Cc1cscn1. The van der Waals surface area contributed by atoms with Crippen molar-refractivity contribution in [1.29, 1.82) is 0 Å². The molecule has 3 aromatic heterocycles. The Morgan fingerprint density at radius 1 is 1.14 bits per heavy atom. The van der Waals surface area contributed by atoms with Gasteiger partial charge < -0.3 is 14.0 Å². The minimum atomic E-state index is -0.994. The van der Waals surface area contributed by atoms with Crippen LogP contribution in [0.2, 0.25) is 0 Å². The number of imidazole rings is 1. The first-order valence-electron chi connectivity index (χ1n) is 11.5. The van der Waals surface area contributed by atoms with E-state index in [0.717, 1.165) is 51.4 Å². The van der Waals surface area contributed by atoms with E-state index < -0.39 is 17.7 Å². The van der Waals surface area contributed by atoms with Gasteiger partial charge in [-0.2, -0.15) is 0 Å². The second-order valence-corrected chi connectivity index (χ2v) is 9.57. The van der Waals surface area contributed by atoms with Gasteiger partial charge in [-0.15, -0.1) is 11.3 Å². The number of aromatic nitrogens is 4. The molecule has 1 fully saturated rings. The molecule has 1 amide bonds. The van der Waals surface area contributed by atoms with Gasteiger partial charge in [0.2, 0.25) is 5.91 Å². The van der Waals surface area contributed by atoms with Crippen molar-refractivity contribution in [1.82, 2.24) is 19.7 Å². The predicted molar refractivity (Wildman–Crippen MR) is 132 cm³/mol. The van der Waals surface area contributed by atoms with Crippen molar-refractivity contribution < 1.29 is 18.1 Å². The molecular weight excluding hydrogens is 484 g/mol. The molecule has 0 unspecified atom stereocenters. The number of aryl methyl sites for hydroxylation is 2. The Balaban J connectivity index is 1.51. The number of benzene rings is 2. The lowest BCUT2D eigenvalue weighted by atomic mass is 10.0. The van der Waals surface area contributed by atoms with Gasteiger partial charge in [-0.1, -0.05) is 11.2 Å². The predicted octanol–water partition coefficient (Wildman–Crippen LogP) is 5.96. The Bertz CT molecular complexity index is 1590. The Kier molecular flexibility index (Phi) is 5.40. The fraction of sp³-hybridized carbons (Fsp3) is 0.231. The molecule has 7 nitrogen and oxygen atoms in total. The first-order valence-corrected chi connectivity index (χ1v) is 12.4. The highest BCUT2D eigenvalue weighted by Gasteiger charge is 2.37. The molecule has 5 aromatic rings. The van der Waals surface area contributed by atoms with Crippen LogP contribution in [0.1, 0.15) is 41.9 Å². The Labute approximate surface area is 209 Å². The summed E-state index contributed by atoms with van der Waals surface area (Å²) in [6.45, 7) is 4.23. The number of hydrogen-bond acceptors (Lipinski definition) is 6. The van der Waals surface area contributed by atoms with E-state index >= 15 is 0 Å². The molecular formula is C26H21F2N5O2S. The van der Waals surface area contributed by atoms with E-state index in [9.17, 15) is 13.6 Å². The monoisotopic (exact) mass is 505 g/mol. The summed E-state index contributed by atoms with van der Waals surface area (Å²) in [5.74, 6) is -0.713. The highest BCUT2D eigenvalue weighted by atomic mass is 32.1. The maximum Gasteiger partial charge on any atom is 0.227 e. The Morgan fingerprint density at radius 2 is 2.00 bits per heavy atom. The number of thiazole rings is 1. The number of rotatable bonds is 5. The summed E-state index contributed by atoms with van der Waals surface area (Å²) in [6.07, 6.45) is 0.794. The van der Waals surface area contributed by atoms with E-state index in [-0.39, 0.29) is 12.3 Å². The van der Waals surface area contributed by atoms with Gasteiger partial charge >= 0.3 is 0 Å². The average molecular weight is 506 g/mol. The van der Waals surface area contributed by atoms with E-state index in [1.807, 2.05) is 37.4 Å². The summed E-state index contributed by atoms with van der Waals surface area (Å²) in [4.78, 5) is 23.9.